The molecule has 0 bridgehead atoms. The molecule has 2 heterocycles. The first-order chi connectivity index (χ1) is 13.1. The summed E-state index contributed by atoms with van der Waals surface area (Å²) in [6.07, 6.45) is 0. The summed E-state index contributed by atoms with van der Waals surface area (Å²) < 4.78 is 0. The number of hydrogen-bond donors (Lipinski definition) is 2. The highest BCUT2D eigenvalue weighted by Gasteiger charge is 2.37. The topological polar surface area (TPSA) is 87.6 Å². The molecule has 2 N–H and O–H groups in total. The van der Waals surface area contributed by atoms with Crippen LogP contribution in [0.5, 0.6) is 0 Å². The monoisotopic (exact) mass is 363 g/mol. The number of amides is 2. The Hall–Kier alpha value is -3.32. The molecule has 0 saturated carbocycles. The van der Waals surface area contributed by atoms with E-state index in [1.54, 1.807) is 42.5 Å². The fraction of sp³-hybridized carbons (Fsp3) is 0.200. The summed E-state index contributed by atoms with van der Waals surface area (Å²) in [4.78, 5) is 46.9. The highest BCUT2D eigenvalue weighted by molar-refractivity contribution is 6.21. The number of aromatic amines is 1. The van der Waals surface area contributed by atoms with E-state index in [0.717, 1.165) is 4.90 Å². The molecule has 7 heteroatoms. The standard InChI is InChI=1S/C20H18N4O3/c1-2-23(11-17-21-16-10-6-5-9-15(16)18(25)22-17)12-24-19(26)13-7-3-4-8-14(13)20(24)27/h3-10H,2,11-12H2,1H3,(H,21,22,25)/p+1. The zero-order valence-electron chi connectivity index (χ0n) is 14.9. The average molecular weight is 363 g/mol. The Morgan fingerprint density at radius 3 is 2.26 bits per heavy atom. The van der Waals surface area contributed by atoms with Crippen molar-refractivity contribution in [2.75, 3.05) is 13.2 Å². The van der Waals surface area contributed by atoms with Gasteiger partial charge in [-0.3, -0.25) is 14.4 Å². The van der Waals surface area contributed by atoms with E-state index < -0.39 is 0 Å². The van der Waals surface area contributed by atoms with Crippen LogP contribution >= 0.6 is 0 Å². The van der Waals surface area contributed by atoms with Crippen LogP contribution in [0.15, 0.2) is 53.3 Å². The molecule has 1 atom stereocenters. The number of nitrogens with one attached hydrogen (secondary N) is 2. The molecule has 2 aromatic carbocycles. The average Bonchev–Trinajstić information content (AvgIpc) is 2.92. The number of aromatic nitrogens is 2. The Balaban J connectivity index is 1.57. The predicted molar refractivity (Wildman–Crippen MR) is 99.4 cm³/mol. The lowest BCUT2D eigenvalue weighted by molar-refractivity contribution is -0.919. The van der Waals surface area contributed by atoms with Crippen molar-refractivity contribution < 1.29 is 14.5 Å². The van der Waals surface area contributed by atoms with Crippen molar-refractivity contribution in [3.63, 3.8) is 0 Å². The van der Waals surface area contributed by atoms with Gasteiger partial charge in [0.1, 0.15) is 6.54 Å². The van der Waals surface area contributed by atoms with Crippen LogP contribution in [0.1, 0.15) is 33.5 Å². The fourth-order valence-corrected chi connectivity index (χ4v) is 3.35. The van der Waals surface area contributed by atoms with Gasteiger partial charge in [-0.2, -0.15) is 0 Å². The summed E-state index contributed by atoms with van der Waals surface area (Å²) in [5, 5.41) is 0.541. The van der Waals surface area contributed by atoms with E-state index in [2.05, 4.69) is 9.97 Å². The van der Waals surface area contributed by atoms with E-state index in [9.17, 15) is 14.4 Å². The summed E-state index contributed by atoms with van der Waals surface area (Å²) in [7, 11) is 0. The third kappa shape index (κ3) is 3.02. The maximum Gasteiger partial charge on any atom is 0.265 e. The molecule has 7 nitrogen and oxygen atoms in total. The zero-order chi connectivity index (χ0) is 19.0. The van der Waals surface area contributed by atoms with Crippen LogP contribution in [0.25, 0.3) is 10.9 Å². The van der Waals surface area contributed by atoms with Gasteiger partial charge in [0, 0.05) is 0 Å². The first-order valence-electron chi connectivity index (χ1n) is 8.85. The number of carbonyl (C=O) groups is 2. The van der Waals surface area contributed by atoms with Crippen LogP contribution < -0.4 is 10.5 Å². The Labute approximate surface area is 155 Å². The third-order valence-corrected chi connectivity index (χ3v) is 4.84. The number of hydrogen-bond acceptors (Lipinski definition) is 4. The SMILES string of the molecule is CC[NH+](Cc1nc2ccccc2c(=O)[nH]1)CN1C(=O)c2ccccc2C1=O. The van der Waals surface area contributed by atoms with Crippen molar-refractivity contribution in [3.05, 3.63) is 75.8 Å². The second kappa shape index (κ2) is 6.77. The molecular formula is C20H19N4O3+. The molecule has 2 amide bonds. The third-order valence-electron chi connectivity index (χ3n) is 4.84. The Kier molecular flexibility index (Phi) is 4.29. The van der Waals surface area contributed by atoms with Crippen LogP contribution in [0.3, 0.4) is 0 Å². The van der Waals surface area contributed by atoms with Gasteiger partial charge in [0.15, 0.2) is 12.5 Å². The molecule has 0 aliphatic carbocycles. The molecule has 27 heavy (non-hydrogen) atoms. The number of fused-ring (bicyclic) bond motifs is 2. The second-order valence-corrected chi connectivity index (χ2v) is 6.55. The molecule has 1 aliphatic rings. The number of imide groups is 1. The first-order valence-corrected chi connectivity index (χ1v) is 8.85. The van der Waals surface area contributed by atoms with Crippen molar-refractivity contribution in [3.8, 4) is 0 Å². The molecule has 3 aromatic rings. The molecule has 1 unspecified atom stereocenters. The lowest BCUT2D eigenvalue weighted by Crippen LogP contribution is -3.12. The Morgan fingerprint density at radius 1 is 0.963 bits per heavy atom. The van der Waals surface area contributed by atoms with Gasteiger partial charge in [0.2, 0.25) is 0 Å². The summed E-state index contributed by atoms with van der Waals surface area (Å²) >= 11 is 0. The maximum absolute atomic E-state index is 12.6. The van der Waals surface area contributed by atoms with E-state index in [1.807, 2.05) is 13.0 Å². The minimum atomic E-state index is -0.276. The summed E-state index contributed by atoms with van der Waals surface area (Å²) in [6, 6.07) is 14.0. The van der Waals surface area contributed by atoms with Crippen LogP contribution in [-0.2, 0) is 6.54 Å². The van der Waals surface area contributed by atoms with Crippen molar-refractivity contribution in [1.29, 1.82) is 0 Å². The van der Waals surface area contributed by atoms with Gasteiger partial charge in [-0.25, -0.2) is 9.88 Å². The smallest absolute Gasteiger partial charge is 0.265 e. The van der Waals surface area contributed by atoms with Gasteiger partial charge < -0.3 is 9.88 Å². The molecule has 1 aromatic heterocycles. The van der Waals surface area contributed by atoms with Crippen molar-refractivity contribution in [2.45, 2.75) is 13.5 Å². The van der Waals surface area contributed by atoms with Gasteiger partial charge in [0.05, 0.1) is 28.6 Å². The summed E-state index contributed by atoms with van der Waals surface area (Å²) in [5.74, 6) is -0.0183. The molecule has 4 rings (SSSR count). The number of quaternary nitrogens is 1. The molecule has 0 saturated heterocycles. The van der Waals surface area contributed by atoms with E-state index in [4.69, 9.17) is 0 Å². The molecule has 136 valence electrons. The largest absolute Gasteiger partial charge is 0.311 e. The van der Waals surface area contributed by atoms with Gasteiger partial charge in [-0.05, 0) is 31.2 Å². The van der Waals surface area contributed by atoms with E-state index >= 15 is 0 Å². The van der Waals surface area contributed by atoms with Gasteiger partial charge >= 0.3 is 0 Å². The molecule has 1 aliphatic heterocycles. The van der Waals surface area contributed by atoms with E-state index in [-0.39, 0.29) is 24.0 Å². The maximum atomic E-state index is 12.6. The van der Waals surface area contributed by atoms with Crippen LogP contribution in [0.2, 0.25) is 0 Å². The summed E-state index contributed by atoms with van der Waals surface area (Å²) in [5.41, 5.74) is 1.32. The fourth-order valence-electron chi connectivity index (χ4n) is 3.35. The normalized spacial score (nSPS) is 14.6. The Morgan fingerprint density at radius 2 is 1.59 bits per heavy atom. The number of benzene rings is 2. The molecule has 0 spiro atoms. The van der Waals surface area contributed by atoms with Crippen LogP contribution in [0, 0.1) is 0 Å². The lowest BCUT2D eigenvalue weighted by atomic mass is 10.1. The van der Waals surface area contributed by atoms with Crippen LogP contribution in [-0.4, -0.2) is 39.9 Å². The van der Waals surface area contributed by atoms with E-state index in [1.165, 1.54) is 4.90 Å². The second-order valence-electron chi connectivity index (χ2n) is 6.55. The first kappa shape index (κ1) is 17.1. The van der Waals surface area contributed by atoms with E-state index in [0.29, 0.717) is 40.9 Å². The molecule has 0 radical (unpaired) electrons. The number of carbonyl (C=O) groups excluding carboxylic acids is 2. The number of H-pyrrole nitrogens is 1. The summed E-state index contributed by atoms with van der Waals surface area (Å²) in [6.45, 7) is 3.26. The quantitative estimate of drug-likeness (QED) is 0.649. The molecule has 0 fully saturated rings. The number of nitrogens with zero attached hydrogens (tertiary/aromatic N) is 2. The van der Waals surface area contributed by atoms with Crippen molar-refractivity contribution in [1.82, 2.24) is 14.9 Å². The zero-order valence-corrected chi connectivity index (χ0v) is 14.9. The number of rotatable bonds is 5. The highest BCUT2D eigenvalue weighted by Crippen LogP contribution is 2.21. The van der Waals surface area contributed by atoms with Gasteiger partial charge in [-0.15, -0.1) is 0 Å². The van der Waals surface area contributed by atoms with Crippen molar-refractivity contribution >= 4 is 22.7 Å². The van der Waals surface area contributed by atoms with Crippen LogP contribution in [0.4, 0.5) is 0 Å². The van der Waals surface area contributed by atoms with Gasteiger partial charge in [-0.1, -0.05) is 24.3 Å². The van der Waals surface area contributed by atoms with Gasteiger partial charge in [0.25, 0.3) is 17.4 Å². The number of para-hydroxylation sites is 1. The predicted octanol–water partition coefficient (Wildman–Crippen LogP) is 0.582. The minimum Gasteiger partial charge on any atom is -0.311 e. The minimum absolute atomic E-state index is 0.188. The van der Waals surface area contributed by atoms with Crippen molar-refractivity contribution in [2.24, 2.45) is 0 Å². The molecular weight excluding hydrogens is 344 g/mol. The Bertz CT molecular complexity index is 1070. The lowest BCUT2D eigenvalue weighted by Gasteiger charge is -2.22. The highest BCUT2D eigenvalue weighted by atomic mass is 16.2.